The van der Waals surface area contributed by atoms with E-state index < -0.39 is 0 Å². The van der Waals surface area contributed by atoms with E-state index >= 15 is 0 Å². The van der Waals surface area contributed by atoms with E-state index in [1.165, 1.54) is 11.9 Å². The molecule has 0 saturated heterocycles. The first-order chi connectivity index (χ1) is 13.5. The molecule has 2 heterocycles. The topological polar surface area (TPSA) is 88.8 Å². The Bertz CT molecular complexity index is 1170. The molecule has 0 aliphatic carbocycles. The summed E-state index contributed by atoms with van der Waals surface area (Å²) in [6.07, 6.45) is 1.49. The van der Waals surface area contributed by atoms with E-state index in [1.54, 1.807) is 0 Å². The van der Waals surface area contributed by atoms with E-state index in [4.69, 9.17) is 5.73 Å². The highest BCUT2D eigenvalue weighted by Gasteiger charge is 2.11. The number of nitrogens with zero attached hydrogens (tertiary/aromatic N) is 3. The fourth-order valence-corrected chi connectivity index (χ4v) is 3.15. The Morgan fingerprint density at radius 2 is 1.57 bits per heavy atom. The van der Waals surface area contributed by atoms with Crippen molar-refractivity contribution in [2.75, 3.05) is 16.4 Å². The Morgan fingerprint density at radius 1 is 0.821 bits per heavy atom. The normalized spacial score (nSPS) is 10.8. The minimum atomic E-state index is 0.451. The lowest BCUT2D eigenvalue weighted by Gasteiger charge is -2.15. The molecule has 0 radical (unpaired) electrons. The van der Waals surface area contributed by atoms with Gasteiger partial charge in [0.25, 0.3) is 0 Å². The fourth-order valence-electron chi connectivity index (χ4n) is 3.15. The van der Waals surface area contributed by atoms with Gasteiger partial charge < -0.3 is 16.4 Å². The largest absolute Gasteiger partial charge is 0.393 e. The Hall–Kier alpha value is -3.67. The van der Waals surface area contributed by atoms with Gasteiger partial charge in [-0.2, -0.15) is 0 Å². The highest BCUT2D eigenvalue weighted by atomic mass is 15.1. The minimum absolute atomic E-state index is 0.451. The lowest BCUT2D eigenvalue weighted by atomic mass is 10.1. The number of aromatic nitrogens is 3. The molecule has 4 rings (SSSR count). The maximum atomic E-state index is 6.36. The zero-order valence-corrected chi connectivity index (χ0v) is 16.1. The van der Waals surface area contributed by atoms with Crippen LogP contribution in [0, 0.1) is 20.8 Å². The van der Waals surface area contributed by atoms with Crippen LogP contribution in [0.1, 0.15) is 16.8 Å². The van der Waals surface area contributed by atoms with Gasteiger partial charge in [-0.15, -0.1) is 0 Å². The van der Waals surface area contributed by atoms with Crippen LogP contribution in [-0.4, -0.2) is 15.0 Å². The summed E-state index contributed by atoms with van der Waals surface area (Å²) in [7, 11) is 0. The first-order valence-corrected chi connectivity index (χ1v) is 9.09. The second-order valence-electron chi connectivity index (χ2n) is 6.88. The molecular formula is C22H22N6. The standard InChI is InChI=1S/C22H22N6/c1-13-7-10-17(14(2)11-13)27-21-19(23)22(25-12-24-21)28-18-6-4-5-16-9-8-15(3)26-20(16)18/h4-12H,23H2,1-3H3,(H2,24,25,27,28). The zero-order chi connectivity index (χ0) is 19.7. The summed E-state index contributed by atoms with van der Waals surface area (Å²) in [6, 6.07) is 16.2. The number of nitrogens with one attached hydrogen (secondary N) is 2. The molecule has 0 aliphatic heterocycles. The maximum absolute atomic E-state index is 6.36. The van der Waals surface area contributed by atoms with E-state index in [2.05, 4.69) is 57.6 Å². The number of benzene rings is 2. The Morgan fingerprint density at radius 3 is 2.32 bits per heavy atom. The molecule has 140 valence electrons. The van der Waals surface area contributed by atoms with Crippen LogP contribution in [0.15, 0.2) is 54.9 Å². The van der Waals surface area contributed by atoms with Gasteiger partial charge in [-0.3, -0.25) is 4.98 Å². The number of hydrogen-bond acceptors (Lipinski definition) is 6. The molecule has 0 unspecified atom stereocenters. The van der Waals surface area contributed by atoms with Crippen LogP contribution in [0.25, 0.3) is 10.9 Å². The lowest BCUT2D eigenvalue weighted by molar-refractivity contribution is 1.17. The van der Waals surface area contributed by atoms with Gasteiger partial charge in [-0.05, 0) is 44.5 Å². The zero-order valence-electron chi connectivity index (χ0n) is 16.1. The molecule has 2 aromatic carbocycles. The average molecular weight is 370 g/mol. The molecule has 0 spiro atoms. The summed E-state index contributed by atoms with van der Waals surface area (Å²) in [6.45, 7) is 6.09. The number of fused-ring (bicyclic) bond motifs is 1. The number of anilines is 5. The van der Waals surface area contributed by atoms with Crippen LogP contribution < -0.4 is 16.4 Å². The Kier molecular flexibility index (Phi) is 4.53. The molecule has 2 aromatic heterocycles. The van der Waals surface area contributed by atoms with Gasteiger partial charge in [0, 0.05) is 16.8 Å². The summed E-state index contributed by atoms with van der Waals surface area (Å²) >= 11 is 0. The van der Waals surface area contributed by atoms with Crippen LogP contribution in [0.2, 0.25) is 0 Å². The molecule has 4 aromatic rings. The molecular weight excluding hydrogens is 348 g/mol. The van der Waals surface area contributed by atoms with Crippen molar-refractivity contribution in [3.05, 3.63) is 71.7 Å². The number of nitrogens with two attached hydrogens (primary N) is 1. The second kappa shape index (κ2) is 7.15. The van der Waals surface area contributed by atoms with Crippen molar-refractivity contribution in [2.45, 2.75) is 20.8 Å². The summed E-state index contributed by atoms with van der Waals surface area (Å²) in [5.41, 5.74) is 12.8. The van der Waals surface area contributed by atoms with E-state index in [0.29, 0.717) is 17.3 Å². The molecule has 0 bridgehead atoms. The van der Waals surface area contributed by atoms with Crippen molar-refractivity contribution in [3.8, 4) is 0 Å². The van der Waals surface area contributed by atoms with Crippen molar-refractivity contribution in [1.29, 1.82) is 0 Å². The third kappa shape index (κ3) is 3.44. The first-order valence-electron chi connectivity index (χ1n) is 9.09. The number of hydrogen-bond donors (Lipinski definition) is 3. The molecule has 6 nitrogen and oxygen atoms in total. The van der Waals surface area contributed by atoms with Crippen LogP contribution in [0.4, 0.5) is 28.7 Å². The van der Waals surface area contributed by atoms with Gasteiger partial charge in [-0.25, -0.2) is 9.97 Å². The maximum Gasteiger partial charge on any atom is 0.159 e. The summed E-state index contributed by atoms with van der Waals surface area (Å²) < 4.78 is 0. The Labute approximate surface area is 163 Å². The molecule has 0 atom stereocenters. The van der Waals surface area contributed by atoms with Crippen molar-refractivity contribution in [2.24, 2.45) is 0 Å². The summed E-state index contributed by atoms with van der Waals surface area (Å²) in [5, 5.41) is 7.67. The van der Waals surface area contributed by atoms with Crippen molar-refractivity contribution in [1.82, 2.24) is 15.0 Å². The predicted molar refractivity (Wildman–Crippen MR) is 115 cm³/mol. The summed E-state index contributed by atoms with van der Waals surface area (Å²) in [4.78, 5) is 13.3. The quantitative estimate of drug-likeness (QED) is 0.467. The van der Waals surface area contributed by atoms with Gasteiger partial charge >= 0.3 is 0 Å². The predicted octanol–water partition coefficient (Wildman–Crippen LogP) is 5.02. The van der Waals surface area contributed by atoms with Crippen molar-refractivity contribution in [3.63, 3.8) is 0 Å². The molecule has 6 heteroatoms. The number of pyridine rings is 1. The van der Waals surface area contributed by atoms with Gasteiger partial charge in [-0.1, -0.05) is 35.9 Å². The van der Waals surface area contributed by atoms with Crippen molar-refractivity contribution < 1.29 is 0 Å². The number of rotatable bonds is 4. The molecule has 4 N–H and O–H groups in total. The smallest absolute Gasteiger partial charge is 0.159 e. The second-order valence-corrected chi connectivity index (χ2v) is 6.88. The number of para-hydroxylation sites is 1. The molecule has 0 fully saturated rings. The van der Waals surface area contributed by atoms with Crippen LogP contribution in [0.3, 0.4) is 0 Å². The molecule has 28 heavy (non-hydrogen) atoms. The SMILES string of the molecule is Cc1ccc(Nc2ncnc(Nc3cccc4ccc(C)nc34)c2N)c(C)c1. The van der Waals surface area contributed by atoms with Crippen LogP contribution >= 0.6 is 0 Å². The van der Waals surface area contributed by atoms with E-state index in [9.17, 15) is 0 Å². The first kappa shape index (κ1) is 17.7. The van der Waals surface area contributed by atoms with Crippen molar-refractivity contribution >= 4 is 39.6 Å². The number of nitrogen functional groups attached to an aromatic ring is 1. The lowest BCUT2D eigenvalue weighted by Crippen LogP contribution is -2.06. The highest BCUT2D eigenvalue weighted by molar-refractivity contribution is 5.93. The molecule has 0 saturated carbocycles. The summed E-state index contributed by atoms with van der Waals surface area (Å²) in [5.74, 6) is 1.10. The van der Waals surface area contributed by atoms with E-state index in [-0.39, 0.29) is 0 Å². The van der Waals surface area contributed by atoms with Crippen LogP contribution in [0.5, 0.6) is 0 Å². The number of aryl methyl sites for hydroxylation is 3. The highest BCUT2D eigenvalue weighted by Crippen LogP contribution is 2.31. The third-order valence-electron chi connectivity index (χ3n) is 4.63. The van der Waals surface area contributed by atoms with Gasteiger partial charge in [0.05, 0.1) is 11.2 Å². The third-order valence-corrected chi connectivity index (χ3v) is 4.63. The molecule has 0 aliphatic rings. The Balaban J connectivity index is 1.69. The minimum Gasteiger partial charge on any atom is -0.393 e. The average Bonchev–Trinajstić information content (AvgIpc) is 2.67. The van der Waals surface area contributed by atoms with Crippen LogP contribution in [-0.2, 0) is 0 Å². The van der Waals surface area contributed by atoms with E-state index in [0.717, 1.165) is 33.5 Å². The monoisotopic (exact) mass is 370 g/mol. The van der Waals surface area contributed by atoms with Gasteiger partial charge in [0.2, 0.25) is 0 Å². The van der Waals surface area contributed by atoms with Gasteiger partial charge in [0.1, 0.15) is 12.0 Å². The molecule has 0 amide bonds. The fraction of sp³-hybridized carbons (Fsp3) is 0.136. The van der Waals surface area contributed by atoms with Gasteiger partial charge in [0.15, 0.2) is 11.6 Å². The van der Waals surface area contributed by atoms with E-state index in [1.807, 2.05) is 37.3 Å².